The Labute approximate surface area is 227 Å². The fraction of sp³-hybridized carbons (Fsp3) is 0.538. The number of sulfonamides is 1. The number of carbonyl (C=O) groups excluding carboxylic acids is 2. The molecular weight excluding hydrogens is 532 g/mol. The fourth-order valence-corrected chi connectivity index (χ4v) is 8.22. The van der Waals surface area contributed by atoms with Crippen LogP contribution in [-0.2, 0) is 19.6 Å². The van der Waals surface area contributed by atoms with Gasteiger partial charge in [-0.1, -0.05) is 23.7 Å². The summed E-state index contributed by atoms with van der Waals surface area (Å²) in [4.78, 5) is 32.3. The topological polar surface area (TPSA) is 90.0 Å². The second kappa shape index (κ2) is 11.4. The first kappa shape index (κ1) is 26.6. The lowest BCUT2D eigenvalue weighted by Crippen LogP contribution is -2.55. The number of hydrogen-bond acceptors (Lipinski definition) is 6. The Hall–Kier alpha value is -1.98. The molecule has 3 fully saturated rings. The van der Waals surface area contributed by atoms with E-state index in [4.69, 9.17) is 11.6 Å². The second-order valence-corrected chi connectivity index (χ2v) is 13.4. The molecule has 1 aromatic heterocycles. The van der Waals surface area contributed by atoms with E-state index in [9.17, 15) is 18.0 Å². The minimum absolute atomic E-state index is 0.00543. The van der Waals surface area contributed by atoms with E-state index in [1.54, 1.807) is 23.6 Å². The van der Waals surface area contributed by atoms with E-state index in [0.29, 0.717) is 24.4 Å². The van der Waals surface area contributed by atoms with Gasteiger partial charge in [0.2, 0.25) is 11.8 Å². The van der Waals surface area contributed by atoms with Gasteiger partial charge >= 0.3 is 0 Å². The van der Waals surface area contributed by atoms with Crippen molar-refractivity contribution in [3.63, 3.8) is 0 Å². The van der Waals surface area contributed by atoms with Gasteiger partial charge < -0.3 is 14.7 Å². The maximum Gasteiger partial charge on any atom is 0.250 e. The predicted octanol–water partition coefficient (Wildman–Crippen LogP) is 3.42. The lowest BCUT2D eigenvalue weighted by Gasteiger charge is -2.34. The van der Waals surface area contributed by atoms with Crippen molar-refractivity contribution in [2.24, 2.45) is 0 Å². The van der Waals surface area contributed by atoms with Gasteiger partial charge in [0.25, 0.3) is 10.0 Å². The number of thiophene rings is 1. The van der Waals surface area contributed by atoms with E-state index >= 15 is 0 Å². The average Bonchev–Trinajstić information content (AvgIpc) is 3.64. The Balaban J connectivity index is 1.21. The number of halogens is 1. The van der Waals surface area contributed by atoms with Gasteiger partial charge in [-0.25, -0.2) is 8.42 Å². The van der Waals surface area contributed by atoms with Crippen molar-refractivity contribution in [3.05, 3.63) is 40.7 Å². The molecule has 1 aromatic carbocycles. The SMILES string of the molecule is O=C1C(NS(=O)(=O)c2cc(-c3cccc(Cl)c3)cs2)CCCN1CC(=O)N1CCCC1CN1CCCC1. The first-order valence-corrected chi connectivity index (χ1v) is 15.7. The number of nitrogens with one attached hydrogen (secondary N) is 1. The van der Waals surface area contributed by atoms with Crippen LogP contribution in [0.15, 0.2) is 39.9 Å². The summed E-state index contributed by atoms with van der Waals surface area (Å²) >= 11 is 7.18. The van der Waals surface area contributed by atoms with Crippen LogP contribution in [0.1, 0.15) is 38.5 Å². The molecule has 4 heterocycles. The third-order valence-electron chi connectivity index (χ3n) is 7.52. The highest BCUT2D eigenvalue weighted by atomic mass is 35.5. The Kier molecular flexibility index (Phi) is 8.21. The maximum atomic E-state index is 13.2. The quantitative estimate of drug-likeness (QED) is 0.530. The third-order valence-corrected chi connectivity index (χ3v) is 10.7. The molecular formula is C26H33ClN4O4S2. The first-order chi connectivity index (χ1) is 17.8. The Morgan fingerprint density at radius 3 is 2.59 bits per heavy atom. The lowest BCUT2D eigenvalue weighted by atomic mass is 10.1. The number of carbonyl (C=O) groups is 2. The van der Waals surface area contributed by atoms with Crippen molar-refractivity contribution in [3.8, 4) is 11.1 Å². The second-order valence-electron chi connectivity index (χ2n) is 10.1. The molecule has 2 atom stereocenters. The van der Waals surface area contributed by atoms with Gasteiger partial charge in [-0.05, 0) is 86.3 Å². The summed E-state index contributed by atoms with van der Waals surface area (Å²) in [5, 5.41) is 2.34. The van der Waals surface area contributed by atoms with Crippen LogP contribution in [-0.4, -0.2) is 86.3 Å². The van der Waals surface area contributed by atoms with E-state index in [0.717, 1.165) is 61.5 Å². The molecule has 2 amide bonds. The summed E-state index contributed by atoms with van der Waals surface area (Å²) in [5.41, 5.74) is 1.58. The molecule has 3 aliphatic rings. The van der Waals surface area contributed by atoms with Crippen molar-refractivity contribution >= 4 is 44.8 Å². The van der Waals surface area contributed by atoms with Crippen LogP contribution >= 0.6 is 22.9 Å². The first-order valence-electron chi connectivity index (χ1n) is 13.0. The summed E-state index contributed by atoms with van der Waals surface area (Å²) in [7, 11) is -3.89. The molecule has 1 N–H and O–H groups in total. The van der Waals surface area contributed by atoms with Crippen molar-refractivity contribution in [1.29, 1.82) is 0 Å². The van der Waals surface area contributed by atoms with Gasteiger partial charge in [0.1, 0.15) is 10.3 Å². The molecule has 5 rings (SSSR count). The van der Waals surface area contributed by atoms with Crippen LogP contribution in [0.5, 0.6) is 0 Å². The normalized spacial score (nSPS) is 23.2. The zero-order valence-corrected chi connectivity index (χ0v) is 23.2. The highest BCUT2D eigenvalue weighted by Crippen LogP contribution is 2.30. The molecule has 37 heavy (non-hydrogen) atoms. The number of benzene rings is 1. The van der Waals surface area contributed by atoms with Crippen LogP contribution in [0.3, 0.4) is 0 Å². The number of hydrogen-bond donors (Lipinski definition) is 1. The number of piperidine rings is 1. The summed E-state index contributed by atoms with van der Waals surface area (Å²) in [6.45, 7) is 4.28. The van der Waals surface area contributed by atoms with Gasteiger partial charge in [-0.2, -0.15) is 4.72 Å². The molecule has 200 valence electrons. The van der Waals surface area contributed by atoms with Crippen molar-refractivity contribution in [2.75, 3.05) is 39.3 Å². The van der Waals surface area contributed by atoms with Crippen LogP contribution in [0, 0.1) is 0 Å². The zero-order valence-electron chi connectivity index (χ0n) is 20.8. The van der Waals surface area contributed by atoms with Crippen LogP contribution in [0.4, 0.5) is 0 Å². The van der Waals surface area contributed by atoms with E-state index < -0.39 is 16.1 Å². The van der Waals surface area contributed by atoms with Crippen LogP contribution in [0.2, 0.25) is 5.02 Å². The van der Waals surface area contributed by atoms with Gasteiger partial charge in [0, 0.05) is 30.7 Å². The van der Waals surface area contributed by atoms with Gasteiger partial charge in [-0.3, -0.25) is 9.59 Å². The zero-order chi connectivity index (χ0) is 26.0. The number of rotatable bonds is 8. The molecule has 0 saturated carbocycles. The van der Waals surface area contributed by atoms with Gasteiger partial charge in [-0.15, -0.1) is 11.3 Å². The van der Waals surface area contributed by atoms with Crippen LogP contribution < -0.4 is 4.72 Å². The summed E-state index contributed by atoms with van der Waals surface area (Å²) in [6, 6.07) is 8.15. The molecule has 11 heteroatoms. The van der Waals surface area contributed by atoms with Crippen molar-refractivity contribution in [1.82, 2.24) is 19.4 Å². The molecule has 0 spiro atoms. The maximum absolute atomic E-state index is 13.2. The van der Waals surface area contributed by atoms with Crippen molar-refractivity contribution < 1.29 is 18.0 Å². The number of nitrogens with zero attached hydrogens (tertiary/aromatic N) is 3. The highest BCUT2D eigenvalue weighted by molar-refractivity contribution is 7.91. The van der Waals surface area contributed by atoms with E-state index in [1.165, 1.54) is 17.7 Å². The van der Waals surface area contributed by atoms with E-state index in [1.807, 2.05) is 17.0 Å². The summed E-state index contributed by atoms with van der Waals surface area (Å²) < 4.78 is 29.0. The van der Waals surface area contributed by atoms with E-state index in [2.05, 4.69) is 9.62 Å². The molecule has 2 unspecified atom stereocenters. The molecule has 0 radical (unpaired) electrons. The standard InChI is InChI=1S/C26H33ClN4O4S2/c27-21-7-3-6-19(14-21)20-15-25(36-18-20)37(34,35)28-23-9-5-12-30(26(23)33)17-24(32)31-13-4-8-22(31)16-29-10-1-2-11-29/h3,6-7,14-15,18,22-23,28H,1-2,4-5,8-13,16-17H2. The average molecular weight is 565 g/mol. The molecule has 8 nitrogen and oxygen atoms in total. The summed E-state index contributed by atoms with van der Waals surface area (Å²) in [6.07, 6.45) is 5.47. The van der Waals surface area contributed by atoms with Crippen molar-refractivity contribution in [2.45, 2.75) is 54.8 Å². The lowest BCUT2D eigenvalue weighted by molar-refractivity contribution is -0.143. The Bertz CT molecular complexity index is 1240. The molecule has 3 saturated heterocycles. The number of amides is 2. The summed E-state index contributed by atoms with van der Waals surface area (Å²) in [5.74, 6) is -0.368. The molecule has 2 aromatic rings. The number of likely N-dealkylation sites (tertiary alicyclic amines) is 3. The van der Waals surface area contributed by atoms with Gasteiger partial charge in [0.05, 0.1) is 6.54 Å². The third kappa shape index (κ3) is 6.20. The largest absolute Gasteiger partial charge is 0.337 e. The monoisotopic (exact) mass is 564 g/mol. The predicted molar refractivity (Wildman–Crippen MR) is 145 cm³/mol. The smallest absolute Gasteiger partial charge is 0.250 e. The molecule has 0 aliphatic carbocycles. The minimum Gasteiger partial charge on any atom is -0.337 e. The van der Waals surface area contributed by atoms with Gasteiger partial charge in [0.15, 0.2) is 0 Å². The Morgan fingerprint density at radius 1 is 1.03 bits per heavy atom. The molecule has 3 aliphatic heterocycles. The highest BCUT2D eigenvalue weighted by Gasteiger charge is 2.36. The fourth-order valence-electron chi connectivity index (χ4n) is 5.60. The van der Waals surface area contributed by atoms with Crippen LogP contribution in [0.25, 0.3) is 11.1 Å². The molecule has 0 bridgehead atoms. The van der Waals surface area contributed by atoms with E-state index in [-0.39, 0.29) is 28.6 Å². The minimum atomic E-state index is -3.89. The Morgan fingerprint density at radius 2 is 1.81 bits per heavy atom.